The quantitative estimate of drug-likeness (QED) is 0.694. The van der Waals surface area contributed by atoms with Crippen molar-refractivity contribution >= 4 is 39.1 Å². The molecule has 0 spiro atoms. The molecule has 4 nitrogen and oxygen atoms in total. The van der Waals surface area contributed by atoms with Gasteiger partial charge in [-0.15, -0.1) is 0 Å². The summed E-state index contributed by atoms with van der Waals surface area (Å²) in [6.45, 7) is 0. The second-order valence-corrected chi connectivity index (χ2v) is 3.67. The molecule has 0 radical (unpaired) electrons. The van der Waals surface area contributed by atoms with Crippen LogP contribution in [0.1, 0.15) is 11.5 Å². The second-order valence-electron chi connectivity index (χ2n) is 3.11. The van der Waals surface area contributed by atoms with Gasteiger partial charge >= 0.3 is 5.97 Å². The van der Waals surface area contributed by atoms with E-state index in [9.17, 15) is 4.79 Å². The summed E-state index contributed by atoms with van der Waals surface area (Å²) in [7, 11) is 0. The van der Waals surface area contributed by atoms with Crippen LogP contribution in [0.5, 0.6) is 0 Å². The van der Waals surface area contributed by atoms with Crippen molar-refractivity contribution in [1.82, 2.24) is 4.98 Å². The highest BCUT2D eigenvalue weighted by molar-refractivity contribution is 9.08. The van der Waals surface area contributed by atoms with Gasteiger partial charge < -0.3 is 9.52 Å². The Hall–Kier alpha value is -1.62. The van der Waals surface area contributed by atoms with E-state index in [1.807, 2.05) is 0 Å². The van der Waals surface area contributed by atoms with Gasteiger partial charge in [-0.05, 0) is 12.1 Å². The van der Waals surface area contributed by atoms with E-state index in [1.165, 1.54) is 6.08 Å². The molecule has 0 saturated carbocycles. The van der Waals surface area contributed by atoms with Gasteiger partial charge in [-0.25, -0.2) is 9.78 Å². The Morgan fingerprint density at radius 1 is 1.56 bits per heavy atom. The van der Waals surface area contributed by atoms with Crippen molar-refractivity contribution in [3.05, 3.63) is 35.7 Å². The minimum absolute atomic E-state index is 0.532. The van der Waals surface area contributed by atoms with Crippen LogP contribution in [0.2, 0.25) is 0 Å². The van der Waals surface area contributed by atoms with E-state index in [0.29, 0.717) is 22.3 Å². The highest BCUT2D eigenvalue weighted by Crippen LogP contribution is 2.21. The molecule has 2 aromatic rings. The maximum absolute atomic E-state index is 10.4. The molecule has 0 bridgehead atoms. The van der Waals surface area contributed by atoms with Crippen molar-refractivity contribution < 1.29 is 14.3 Å². The number of nitrogens with zero attached hydrogens (tertiary/aromatic N) is 1. The van der Waals surface area contributed by atoms with Crippen LogP contribution in [0.3, 0.4) is 0 Å². The van der Waals surface area contributed by atoms with Crippen molar-refractivity contribution in [1.29, 1.82) is 0 Å². The molecule has 0 aliphatic carbocycles. The monoisotopic (exact) mass is 281 g/mol. The summed E-state index contributed by atoms with van der Waals surface area (Å²) >= 11 is 3.25. The van der Waals surface area contributed by atoms with E-state index >= 15 is 0 Å². The first-order valence-corrected chi connectivity index (χ1v) is 5.68. The molecule has 0 unspecified atom stereocenters. The van der Waals surface area contributed by atoms with E-state index in [2.05, 4.69) is 20.9 Å². The van der Waals surface area contributed by atoms with Crippen LogP contribution in [0.15, 0.2) is 28.7 Å². The third-order valence-electron chi connectivity index (χ3n) is 2.01. The molecule has 0 aliphatic rings. The molecule has 0 aliphatic heterocycles. The molecular formula is C11H8BrNO3. The minimum atomic E-state index is -0.985. The van der Waals surface area contributed by atoms with Crippen molar-refractivity contribution in [2.75, 3.05) is 0 Å². The standard InChI is InChI=1S/C11H8BrNO3/c12-6-9-13-11-7(4-5-10(14)15)2-1-3-8(11)16-9/h1-5H,6H2,(H,14,15)/b5-4+. The Morgan fingerprint density at radius 2 is 2.38 bits per heavy atom. The van der Waals surface area contributed by atoms with Gasteiger partial charge in [-0.2, -0.15) is 0 Å². The van der Waals surface area contributed by atoms with Gasteiger partial charge in [0.25, 0.3) is 0 Å². The Labute approximate surface area is 99.7 Å². The van der Waals surface area contributed by atoms with Crippen LogP contribution in [0.25, 0.3) is 17.2 Å². The van der Waals surface area contributed by atoms with Crippen LogP contribution in [0, 0.1) is 0 Å². The maximum Gasteiger partial charge on any atom is 0.328 e. The number of rotatable bonds is 3. The summed E-state index contributed by atoms with van der Waals surface area (Å²) in [5.41, 5.74) is 2.06. The first kappa shape index (κ1) is 10.9. The predicted octanol–water partition coefficient (Wildman–Crippen LogP) is 2.82. The highest BCUT2D eigenvalue weighted by atomic mass is 79.9. The Bertz CT molecular complexity index is 559. The van der Waals surface area contributed by atoms with Crippen molar-refractivity contribution in [2.45, 2.75) is 5.33 Å². The summed E-state index contributed by atoms with van der Waals surface area (Å²) in [4.78, 5) is 14.7. The van der Waals surface area contributed by atoms with Gasteiger partial charge in [0, 0.05) is 11.6 Å². The lowest BCUT2D eigenvalue weighted by molar-refractivity contribution is -0.131. The molecule has 0 saturated heterocycles. The zero-order valence-electron chi connectivity index (χ0n) is 8.18. The summed E-state index contributed by atoms with van der Waals surface area (Å²) in [5, 5.41) is 9.09. The SMILES string of the molecule is O=C(O)/C=C/c1cccc2oc(CBr)nc12. The molecular weight excluding hydrogens is 274 g/mol. The van der Waals surface area contributed by atoms with Gasteiger partial charge in [0.1, 0.15) is 5.52 Å². The van der Waals surface area contributed by atoms with Gasteiger partial charge in [-0.3, -0.25) is 0 Å². The number of halogens is 1. The summed E-state index contributed by atoms with van der Waals surface area (Å²) < 4.78 is 5.43. The third-order valence-corrected chi connectivity index (χ3v) is 2.49. The number of carboxylic acid groups (broad SMARTS) is 1. The lowest BCUT2D eigenvalue weighted by Gasteiger charge is -1.92. The molecule has 16 heavy (non-hydrogen) atoms. The fraction of sp³-hybridized carbons (Fsp3) is 0.0909. The number of para-hydroxylation sites is 1. The number of benzene rings is 1. The van der Waals surface area contributed by atoms with Crippen molar-refractivity contribution in [3.63, 3.8) is 0 Å². The molecule has 0 amide bonds. The van der Waals surface area contributed by atoms with Crippen LogP contribution >= 0.6 is 15.9 Å². The first-order chi connectivity index (χ1) is 7.70. The molecule has 5 heteroatoms. The van der Waals surface area contributed by atoms with E-state index in [1.54, 1.807) is 18.2 Å². The van der Waals surface area contributed by atoms with E-state index in [0.717, 1.165) is 11.6 Å². The molecule has 2 rings (SSSR count). The van der Waals surface area contributed by atoms with Gasteiger partial charge in [0.15, 0.2) is 5.58 Å². The van der Waals surface area contributed by atoms with Gasteiger partial charge in [-0.1, -0.05) is 28.1 Å². The zero-order valence-corrected chi connectivity index (χ0v) is 9.77. The van der Waals surface area contributed by atoms with Crippen molar-refractivity contribution in [2.24, 2.45) is 0 Å². The molecule has 1 aromatic carbocycles. The lowest BCUT2D eigenvalue weighted by Crippen LogP contribution is -1.86. The number of carbonyl (C=O) groups is 1. The van der Waals surface area contributed by atoms with Crippen LogP contribution < -0.4 is 0 Å². The number of oxazole rings is 1. The van der Waals surface area contributed by atoms with E-state index in [4.69, 9.17) is 9.52 Å². The number of hydrogen-bond acceptors (Lipinski definition) is 3. The van der Waals surface area contributed by atoms with Gasteiger partial charge in [0.05, 0.1) is 5.33 Å². The fourth-order valence-electron chi connectivity index (χ4n) is 1.37. The average Bonchev–Trinajstić information content (AvgIpc) is 2.69. The van der Waals surface area contributed by atoms with Crippen molar-refractivity contribution in [3.8, 4) is 0 Å². The number of alkyl halides is 1. The fourth-order valence-corrected chi connectivity index (χ4v) is 1.61. The number of aliphatic carboxylic acids is 1. The number of fused-ring (bicyclic) bond motifs is 1. The van der Waals surface area contributed by atoms with Crippen LogP contribution in [0.4, 0.5) is 0 Å². The first-order valence-electron chi connectivity index (χ1n) is 4.56. The highest BCUT2D eigenvalue weighted by Gasteiger charge is 2.06. The summed E-state index contributed by atoms with van der Waals surface area (Å²) in [6, 6.07) is 5.39. The maximum atomic E-state index is 10.4. The van der Waals surface area contributed by atoms with Crippen LogP contribution in [-0.4, -0.2) is 16.1 Å². The molecule has 1 N–H and O–H groups in total. The largest absolute Gasteiger partial charge is 0.478 e. The minimum Gasteiger partial charge on any atom is -0.478 e. The lowest BCUT2D eigenvalue weighted by atomic mass is 10.2. The number of hydrogen-bond donors (Lipinski definition) is 1. The molecule has 82 valence electrons. The third kappa shape index (κ3) is 2.14. The average molecular weight is 282 g/mol. The molecule has 0 atom stereocenters. The Balaban J connectivity index is 2.52. The van der Waals surface area contributed by atoms with E-state index < -0.39 is 5.97 Å². The molecule has 1 aromatic heterocycles. The number of aromatic nitrogens is 1. The topological polar surface area (TPSA) is 63.3 Å². The Kier molecular flexibility index (Phi) is 3.05. The normalized spacial score (nSPS) is 11.3. The number of carboxylic acids is 1. The zero-order chi connectivity index (χ0) is 11.5. The molecule has 0 fully saturated rings. The van der Waals surface area contributed by atoms with Crippen LogP contribution in [-0.2, 0) is 10.1 Å². The van der Waals surface area contributed by atoms with E-state index in [-0.39, 0.29) is 0 Å². The predicted molar refractivity (Wildman–Crippen MR) is 63.3 cm³/mol. The Morgan fingerprint density at radius 3 is 3.06 bits per heavy atom. The second kappa shape index (κ2) is 4.49. The smallest absolute Gasteiger partial charge is 0.328 e. The van der Waals surface area contributed by atoms with Gasteiger partial charge in [0.2, 0.25) is 5.89 Å². The summed E-state index contributed by atoms with van der Waals surface area (Å²) in [5.74, 6) is -0.410. The summed E-state index contributed by atoms with van der Waals surface area (Å²) in [6.07, 6.45) is 2.59. The molecule has 1 heterocycles.